The van der Waals surface area contributed by atoms with Gasteiger partial charge in [-0.3, -0.25) is 9.59 Å². The number of amides is 2. The van der Waals surface area contributed by atoms with Crippen LogP contribution >= 0.6 is 0 Å². The Bertz CT molecular complexity index is 743. The SMILES string of the molecule is CN(C(=O)c1cccc(NC(=O)C2COCCN2)c1)c1ccccc1. The van der Waals surface area contributed by atoms with Crippen LogP contribution in [0.4, 0.5) is 11.4 Å². The molecule has 6 nitrogen and oxygen atoms in total. The second-order valence-electron chi connectivity index (χ2n) is 5.85. The predicted octanol–water partition coefficient (Wildman–Crippen LogP) is 1.89. The number of hydrogen-bond acceptors (Lipinski definition) is 4. The average Bonchev–Trinajstić information content (AvgIpc) is 2.68. The molecule has 2 aromatic carbocycles. The van der Waals surface area contributed by atoms with Crippen molar-refractivity contribution in [3.63, 3.8) is 0 Å². The molecule has 0 radical (unpaired) electrons. The van der Waals surface area contributed by atoms with E-state index in [9.17, 15) is 9.59 Å². The number of carbonyl (C=O) groups is 2. The van der Waals surface area contributed by atoms with Gasteiger partial charge >= 0.3 is 0 Å². The van der Waals surface area contributed by atoms with Crippen molar-refractivity contribution in [1.82, 2.24) is 5.32 Å². The fourth-order valence-electron chi connectivity index (χ4n) is 2.66. The van der Waals surface area contributed by atoms with Gasteiger partial charge in [0.1, 0.15) is 6.04 Å². The molecule has 1 saturated heterocycles. The molecule has 1 heterocycles. The van der Waals surface area contributed by atoms with E-state index in [1.807, 2.05) is 30.3 Å². The fraction of sp³-hybridized carbons (Fsp3) is 0.263. The van der Waals surface area contributed by atoms with Crippen molar-refractivity contribution in [2.75, 3.05) is 37.0 Å². The Balaban J connectivity index is 1.70. The first-order chi connectivity index (χ1) is 12.1. The van der Waals surface area contributed by atoms with E-state index in [1.54, 1.807) is 36.2 Å². The van der Waals surface area contributed by atoms with Crippen LogP contribution < -0.4 is 15.5 Å². The van der Waals surface area contributed by atoms with Crippen LogP contribution in [0.5, 0.6) is 0 Å². The van der Waals surface area contributed by atoms with Crippen LogP contribution in [0.3, 0.4) is 0 Å². The van der Waals surface area contributed by atoms with Crippen LogP contribution in [0.25, 0.3) is 0 Å². The molecule has 130 valence electrons. The Hall–Kier alpha value is -2.70. The molecular weight excluding hydrogens is 318 g/mol. The van der Waals surface area contributed by atoms with Crippen molar-refractivity contribution in [1.29, 1.82) is 0 Å². The molecule has 1 fully saturated rings. The van der Waals surface area contributed by atoms with Crippen molar-refractivity contribution < 1.29 is 14.3 Å². The first-order valence-electron chi connectivity index (χ1n) is 8.20. The van der Waals surface area contributed by atoms with E-state index in [2.05, 4.69) is 10.6 Å². The Kier molecular flexibility index (Phi) is 5.42. The summed E-state index contributed by atoms with van der Waals surface area (Å²) in [6, 6.07) is 16.0. The van der Waals surface area contributed by atoms with Gasteiger partial charge in [0, 0.05) is 30.5 Å². The van der Waals surface area contributed by atoms with Crippen LogP contribution in [0.1, 0.15) is 10.4 Å². The predicted molar refractivity (Wildman–Crippen MR) is 96.9 cm³/mol. The fourth-order valence-corrected chi connectivity index (χ4v) is 2.66. The van der Waals surface area contributed by atoms with Gasteiger partial charge in [0.05, 0.1) is 13.2 Å². The minimum absolute atomic E-state index is 0.138. The van der Waals surface area contributed by atoms with E-state index in [4.69, 9.17) is 4.74 Å². The number of hydrogen-bond donors (Lipinski definition) is 2. The molecular formula is C19H21N3O3. The van der Waals surface area contributed by atoms with E-state index in [-0.39, 0.29) is 17.9 Å². The van der Waals surface area contributed by atoms with E-state index < -0.39 is 0 Å². The third-order valence-corrected chi connectivity index (χ3v) is 4.06. The molecule has 2 aromatic rings. The maximum atomic E-state index is 12.7. The lowest BCUT2D eigenvalue weighted by atomic mass is 10.1. The van der Waals surface area contributed by atoms with Crippen molar-refractivity contribution in [2.45, 2.75) is 6.04 Å². The summed E-state index contributed by atoms with van der Waals surface area (Å²) in [5.74, 6) is -0.304. The molecule has 1 aliphatic heterocycles. The summed E-state index contributed by atoms with van der Waals surface area (Å²) in [5, 5.41) is 5.94. The van der Waals surface area contributed by atoms with Crippen LogP contribution in [0.15, 0.2) is 54.6 Å². The number of para-hydroxylation sites is 1. The van der Waals surface area contributed by atoms with E-state index >= 15 is 0 Å². The van der Waals surface area contributed by atoms with Crippen molar-refractivity contribution in [3.8, 4) is 0 Å². The summed E-state index contributed by atoms with van der Waals surface area (Å²) < 4.78 is 5.30. The second-order valence-corrected chi connectivity index (χ2v) is 5.85. The standard InChI is InChI=1S/C19H21N3O3/c1-22(16-8-3-2-4-9-16)19(24)14-6-5-7-15(12-14)21-18(23)17-13-25-11-10-20-17/h2-9,12,17,20H,10-11,13H2,1H3,(H,21,23). The molecule has 0 bridgehead atoms. The van der Waals surface area contributed by atoms with E-state index in [0.717, 1.165) is 5.69 Å². The molecule has 3 rings (SSSR count). The topological polar surface area (TPSA) is 70.7 Å². The van der Waals surface area contributed by atoms with Gasteiger partial charge in [-0.25, -0.2) is 0 Å². The van der Waals surface area contributed by atoms with Gasteiger partial charge in [0.15, 0.2) is 0 Å². The Labute approximate surface area is 146 Å². The zero-order valence-electron chi connectivity index (χ0n) is 14.1. The van der Waals surface area contributed by atoms with Gasteiger partial charge < -0.3 is 20.3 Å². The van der Waals surface area contributed by atoms with Gasteiger partial charge in [0.25, 0.3) is 5.91 Å². The quantitative estimate of drug-likeness (QED) is 0.892. The molecule has 0 spiro atoms. The number of anilines is 2. The minimum atomic E-state index is -0.375. The van der Waals surface area contributed by atoms with Crippen molar-refractivity contribution >= 4 is 23.2 Å². The van der Waals surface area contributed by atoms with Gasteiger partial charge in [-0.1, -0.05) is 24.3 Å². The molecule has 0 aliphatic carbocycles. The molecule has 6 heteroatoms. The molecule has 0 saturated carbocycles. The van der Waals surface area contributed by atoms with Crippen LogP contribution in [-0.2, 0) is 9.53 Å². The van der Waals surface area contributed by atoms with E-state index in [1.165, 1.54) is 0 Å². The van der Waals surface area contributed by atoms with Crippen LogP contribution in [0.2, 0.25) is 0 Å². The maximum absolute atomic E-state index is 12.7. The summed E-state index contributed by atoms with van der Waals surface area (Å²) in [4.78, 5) is 26.5. The number of rotatable bonds is 4. The summed E-state index contributed by atoms with van der Waals surface area (Å²) in [6.07, 6.45) is 0. The third-order valence-electron chi connectivity index (χ3n) is 4.06. The monoisotopic (exact) mass is 339 g/mol. The zero-order valence-corrected chi connectivity index (χ0v) is 14.1. The van der Waals surface area contributed by atoms with Crippen molar-refractivity contribution in [2.24, 2.45) is 0 Å². The number of morpholine rings is 1. The zero-order chi connectivity index (χ0) is 17.6. The summed E-state index contributed by atoms with van der Waals surface area (Å²) in [5.41, 5.74) is 1.91. The third kappa shape index (κ3) is 4.23. The summed E-state index contributed by atoms with van der Waals surface area (Å²) in [7, 11) is 1.73. The Morgan fingerprint density at radius 1 is 1.16 bits per heavy atom. The molecule has 2 amide bonds. The summed E-state index contributed by atoms with van der Waals surface area (Å²) >= 11 is 0. The van der Waals surface area contributed by atoms with Gasteiger partial charge in [0.2, 0.25) is 5.91 Å². The lowest BCUT2D eigenvalue weighted by Crippen LogP contribution is -2.48. The smallest absolute Gasteiger partial charge is 0.258 e. The lowest BCUT2D eigenvalue weighted by Gasteiger charge is -2.23. The number of benzene rings is 2. The van der Waals surface area contributed by atoms with Gasteiger partial charge in [-0.05, 0) is 30.3 Å². The number of ether oxygens (including phenoxy) is 1. The molecule has 1 atom stereocenters. The highest BCUT2D eigenvalue weighted by atomic mass is 16.5. The minimum Gasteiger partial charge on any atom is -0.378 e. The van der Waals surface area contributed by atoms with Crippen LogP contribution in [-0.4, -0.2) is 44.7 Å². The highest BCUT2D eigenvalue weighted by Gasteiger charge is 2.21. The molecule has 1 aliphatic rings. The normalized spacial score (nSPS) is 16.9. The molecule has 2 N–H and O–H groups in total. The summed E-state index contributed by atoms with van der Waals surface area (Å²) in [6.45, 7) is 1.61. The largest absolute Gasteiger partial charge is 0.378 e. The van der Waals surface area contributed by atoms with Crippen molar-refractivity contribution in [3.05, 3.63) is 60.2 Å². The first kappa shape index (κ1) is 17.1. The highest BCUT2D eigenvalue weighted by molar-refractivity contribution is 6.06. The maximum Gasteiger partial charge on any atom is 0.258 e. The molecule has 0 aromatic heterocycles. The average molecular weight is 339 g/mol. The van der Waals surface area contributed by atoms with Crippen LogP contribution in [0, 0.1) is 0 Å². The number of nitrogens with zero attached hydrogens (tertiary/aromatic N) is 1. The number of carbonyl (C=O) groups excluding carboxylic acids is 2. The Morgan fingerprint density at radius 2 is 1.96 bits per heavy atom. The van der Waals surface area contributed by atoms with E-state index in [0.29, 0.717) is 31.0 Å². The molecule has 1 unspecified atom stereocenters. The van der Waals surface area contributed by atoms with Gasteiger partial charge in [-0.15, -0.1) is 0 Å². The second kappa shape index (κ2) is 7.92. The molecule has 25 heavy (non-hydrogen) atoms. The highest BCUT2D eigenvalue weighted by Crippen LogP contribution is 2.17. The number of nitrogens with one attached hydrogen (secondary N) is 2. The van der Waals surface area contributed by atoms with Gasteiger partial charge in [-0.2, -0.15) is 0 Å². The Morgan fingerprint density at radius 3 is 2.68 bits per heavy atom. The lowest BCUT2D eigenvalue weighted by molar-refractivity contribution is -0.120. The first-order valence-corrected chi connectivity index (χ1v) is 8.20.